The average Bonchev–Trinajstić information content (AvgIpc) is 2.68. The van der Waals surface area contributed by atoms with Gasteiger partial charge in [-0.3, -0.25) is 0 Å². The monoisotopic (exact) mass is 267 g/mol. The predicted molar refractivity (Wildman–Crippen MR) is 72.0 cm³/mol. The number of nitrogen functional groups attached to an aromatic ring is 1. The minimum Gasteiger partial charge on any atom is -0.383 e. The van der Waals surface area contributed by atoms with Gasteiger partial charge in [-0.05, 0) is 24.6 Å². The van der Waals surface area contributed by atoms with Crippen molar-refractivity contribution in [2.45, 2.75) is 26.3 Å². The van der Waals surface area contributed by atoms with E-state index in [4.69, 9.17) is 17.3 Å². The van der Waals surface area contributed by atoms with E-state index < -0.39 is 5.82 Å². The molecule has 96 valence electrons. The summed E-state index contributed by atoms with van der Waals surface area (Å²) in [5.41, 5.74) is 6.84. The number of imidazole rings is 1. The molecule has 2 rings (SSSR count). The van der Waals surface area contributed by atoms with Crippen LogP contribution < -0.4 is 5.73 Å². The fourth-order valence-electron chi connectivity index (χ4n) is 1.79. The molecule has 2 aromatic rings. The molecule has 0 saturated heterocycles. The number of nitrogens with zero attached hydrogens (tertiary/aromatic N) is 2. The van der Waals surface area contributed by atoms with Crippen LogP contribution in [0.2, 0.25) is 5.02 Å². The first kappa shape index (κ1) is 12.9. The second-order valence-corrected chi connectivity index (χ2v) is 4.59. The summed E-state index contributed by atoms with van der Waals surface area (Å²) < 4.78 is 15.6. The molecular formula is C13H15ClFN3. The molecule has 0 radical (unpaired) electrons. The number of hydrogen-bond acceptors (Lipinski definition) is 2. The smallest absolute Gasteiger partial charge is 0.134 e. The van der Waals surface area contributed by atoms with E-state index >= 15 is 0 Å². The van der Waals surface area contributed by atoms with Crippen molar-refractivity contribution in [3.63, 3.8) is 0 Å². The highest BCUT2D eigenvalue weighted by atomic mass is 35.5. The van der Waals surface area contributed by atoms with Crippen molar-refractivity contribution in [2.24, 2.45) is 0 Å². The summed E-state index contributed by atoms with van der Waals surface area (Å²) in [4.78, 5) is 4.18. The van der Waals surface area contributed by atoms with E-state index in [9.17, 15) is 4.39 Å². The lowest BCUT2D eigenvalue weighted by atomic mass is 10.1. The molecule has 0 unspecified atom stereocenters. The van der Waals surface area contributed by atoms with Crippen molar-refractivity contribution < 1.29 is 4.39 Å². The summed E-state index contributed by atoms with van der Waals surface area (Å²) in [6.07, 6.45) is 3.74. The Morgan fingerprint density at radius 3 is 2.89 bits per heavy atom. The standard InChI is InChI=1S/C13H15ClFN3/c1-2-3-6-18-8-17-12(13(18)16)10-5-4-9(14)7-11(10)15/h4-5,7-8H,2-3,6,16H2,1H3. The van der Waals surface area contributed by atoms with Gasteiger partial charge in [-0.2, -0.15) is 0 Å². The molecule has 18 heavy (non-hydrogen) atoms. The number of nitrogens with two attached hydrogens (primary N) is 1. The van der Waals surface area contributed by atoms with Crippen LogP contribution in [-0.4, -0.2) is 9.55 Å². The van der Waals surface area contributed by atoms with Gasteiger partial charge in [0.15, 0.2) is 0 Å². The first-order valence-corrected chi connectivity index (χ1v) is 6.27. The molecule has 0 aliphatic carbocycles. The average molecular weight is 268 g/mol. The van der Waals surface area contributed by atoms with Gasteiger partial charge in [0.05, 0.1) is 6.33 Å². The first-order valence-electron chi connectivity index (χ1n) is 5.89. The Balaban J connectivity index is 2.36. The number of unbranched alkanes of at least 4 members (excludes halogenated alkanes) is 1. The Morgan fingerprint density at radius 1 is 1.44 bits per heavy atom. The molecule has 1 aromatic heterocycles. The number of rotatable bonds is 4. The molecule has 0 fully saturated rings. The summed E-state index contributed by atoms with van der Waals surface area (Å²) in [5.74, 6) is 0.0830. The predicted octanol–water partition coefficient (Wildman–Crippen LogP) is 3.72. The molecule has 1 aromatic carbocycles. The maximum absolute atomic E-state index is 13.8. The van der Waals surface area contributed by atoms with Crippen molar-refractivity contribution in [2.75, 3.05) is 5.73 Å². The van der Waals surface area contributed by atoms with E-state index in [0.29, 0.717) is 22.1 Å². The molecular weight excluding hydrogens is 253 g/mol. The van der Waals surface area contributed by atoms with Gasteiger partial charge in [0.1, 0.15) is 17.3 Å². The quantitative estimate of drug-likeness (QED) is 0.917. The second kappa shape index (κ2) is 5.40. The van der Waals surface area contributed by atoms with Gasteiger partial charge in [-0.15, -0.1) is 0 Å². The van der Waals surface area contributed by atoms with Crippen molar-refractivity contribution in [1.29, 1.82) is 0 Å². The third-order valence-electron chi connectivity index (χ3n) is 2.82. The van der Waals surface area contributed by atoms with Gasteiger partial charge in [-0.1, -0.05) is 24.9 Å². The normalized spacial score (nSPS) is 10.8. The van der Waals surface area contributed by atoms with Crippen molar-refractivity contribution in [1.82, 2.24) is 9.55 Å². The Kier molecular flexibility index (Phi) is 3.87. The van der Waals surface area contributed by atoms with Gasteiger partial charge in [0, 0.05) is 17.1 Å². The molecule has 0 amide bonds. The highest BCUT2D eigenvalue weighted by Gasteiger charge is 2.13. The Hall–Kier alpha value is -1.55. The summed E-state index contributed by atoms with van der Waals surface area (Å²) in [7, 11) is 0. The minimum atomic E-state index is -0.407. The van der Waals surface area contributed by atoms with Gasteiger partial charge in [0.2, 0.25) is 0 Å². The van der Waals surface area contributed by atoms with Crippen molar-refractivity contribution in [3.05, 3.63) is 35.4 Å². The van der Waals surface area contributed by atoms with E-state index in [1.807, 2.05) is 4.57 Å². The van der Waals surface area contributed by atoms with E-state index in [2.05, 4.69) is 11.9 Å². The van der Waals surface area contributed by atoms with E-state index in [-0.39, 0.29) is 0 Å². The molecule has 5 heteroatoms. The Morgan fingerprint density at radius 2 is 2.22 bits per heavy atom. The number of benzene rings is 1. The largest absolute Gasteiger partial charge is 0.383 e. The van der Waals surface area contributed by atoms with Crippen LogP contribution >= 0.6 is 11.6 Å². The van der Waals surface area contributed by atoms with Crippen LogP contribution in [0.5, 0.6) is 0 Å². The number of halogens is 2. The van der Waals surface area contributed by atoms with Crippen LogP contribution in [0.4, 0.5) is 10.2 Å². The second-order valence-electron chi connectivity index (χ2n) is 4.15. The van der Waals surface area contributed by atoms with E-state index in [1.54, 1.807) is 18.5 Å². The molecule has 0 atom stereocenters. The molecule has 0 spiro atoms. The zero-order chi connectivity index (χ0) is 13.1. The van der Waals surface area contributed by atoms with E-state index in [1.165, 1.54) is 6.07 Å². The zero-order valence-corrected chi connectivity index (χ0v) is 10.9. The topological polar surface area (TPSA) is 43.8 Å². The maximum atomic E-state index is 13.8. The highest BCUT2D eigenvalue weighted by Crippen LogP contribution is 2.28. The zero-order valence-electron chi connectivity index (χ0n) is 10.2. The van der Waals surface area contributed by atoms with Crippen molar-refractivity contribution >= 4 is 17.4 Å². The number of hydrogen-bond donors (Lipinski definition) is 1. The van der Waals surface area contributed by atoms with Crippen molar-refractivity contribution in [3.8, 4) is 11.3 Å². The number of aromatic nitrogens is 2. The fraction of sp³-hybridized carbons (Fsp3) is 0.308. The molecule has 0 aliphatic heterocycles. The van der Waals surface area contributed by atoms with Gasteiger partial charge < -0.3 is 10.3 Å². The van der Waals surface area contributed by atoms with Crippen LogP contribution in [0.3, 0.4) is 0 Å². The van der Waals surface area contributed by atoms with Crippen LogP contribution in [0.15, 0.2) is 24.5 Å². The molecule has 2 N–H and O–H groups in total. The number of aryl methyl sites for hydroxylation is 1. The Labute approximate surface area is 110 Å². The molecule has 0 saturated carbocycles. The summed E-state index contributed by atoms with van der Waals surface area (Å²) >= 11 is 5.72. The lowest BCUT2D eigenvalue weighted by Crippen LogP contribution is -2.02. The van der Waals surface area contributed by atoms with E-state index in [0.717, 1.165) is 19.4 Å². The van der Waals surface area contributed by atoms with Crippen LogP contribution in [0.1, 0.15) is 19.8 Å². The van der Waals surface area contributed by atoms with Crippen LogP contribution in [-0.2, 0) is 6.54 Å². The minimum absolute atomic E-state index is 0.361. The summed E-state index contributed by atoms with van der Waals surface area (Å²) in [5, 5.41) is 0.361. The van der Waals surface area contributed by atoms with Crippen LogP contribution in [0.25, 0.3) is 11.3 Å². The van der Waals surface area contributed by atoms with Gasteiger partial charge in [0.25, 0.3) is 0 Å². The lowest BCUT2D eigenvalue weighted by molar-refractivity contribution is 0.630. The maximum Gasteiger partial charge on any atom is 0.134 e. The SMILES string of the molecule is CCCCn1cnc(-c2ccc(Cl)cc2F)c1N. The molecule has 1 heterocycles. The van der Waals surface area contributed by atoms with Crippen LogP contribution in [0, 0.1) is 5.82 Å². The number of anilines is 1. The third-order valence-corrected chi connectivity index (χ3v) is 3.05. The third kappa shape index (κ3) is 2.48. The van der Waals surface area contributed by atoms with Gasteiger partial charge >= 0.3 is 0 Å². The molecule has 0 aliphatic rings. The van der Waals surface area contributed by atoms with Gasteiger partial charge in [-0.25, -0.2) is 9.37 Å². The Bertz CT molecular complexity index is 551. The fourth-order valence-corrected chi connectivity index (χ4v) is 1.95. The lowest BCUT2D eigenvalue weighted by Gasteiger charge is -2.05. The molecule has 3 nitrogen and oxygen atoms in total. The highest BCUT2D eigenvalue weighted by molar-refractivity contribution is 6.30. The first-order chi connectivity index (χ1) is 8.63. The summed E-state index contributed by atoms with van der Waals surface area (Å²) in [6, 6.07) is 4.49. The molecule has 0 bridgehead atoms. The summed E-state index contributed by atoms with van der Waals surface area (Å²) in [6.45, 7) is 2.90.